The lowest BCUT2D eigenvalue weighted by atomic mass is 9.98. The molecule has 0 bridgehead atoms. The maximum Gasteiger partial charge on any atom is 0.307 e. The van der Waals surface area contributed by atoms with Gasteiger partial charge in [0.25, 0.3) is 0 Å². The molecule has 3 aromatic carbocycles. The highest BCUT2D eigenvalue weighted by Gasteiger charge is 2.30. The number of anilines is 1. The molecule has 3 aromatic rings. The molecule has 0 fully saturated rings. The van der Waals surface area contributed by atoms with Gasteiger partial charge in [0.1, 0.15) is 12.2 Å². The Kier molecular flexibility index (Phi) is 7.13. The zero-order valence-electron chi connectivity index (χ0n) is 17.9. The van der Waals surface area contributed by atoms with Gasteiger partial charge in [-0.15, -0.1) is 0 Å². The van der Waals surface area contributed by atoms with E-state index in [1.54, 1.807) is 18.2 Å². The van der Waals surface area contributed by atoms with E-state index in [1.165, 1.54) is 0 Å². The van der Waals surface area contributed by atoms with E-state index in [9.17, 15) is 10.1 Å². The number of carboxylic acids is 1. The second kappa shape index (κ2) is 10.4. The fourth-order valence-electron chi connectivity index (χ4n) is 4.07. The van der Waals surface area contributed by atoms with Crippen LogP contribution in [0.2, 0.25) is 5.02 Å². The summed E-state index contributed by atoms with van der Waals surface area (Å²) in [5.41, 5.74) is 4.02. The van der Waals surface area contributed by atoms with Crippen molar-refractivity contribution in [1.82, 2.24) is 5.32 Å². The summed E-state index contributed by atoms with van der Waals surface area (Å²) in [7, 11) is 0. The van der Waals surface area contributed by atoms with Gasteiger partial charge >= 0.3 is 5.97 Å². The van der Waals surface area contributed by atoms with Crippen LogP contribution < -0.4 is 15.4 Å². The van der Waals surface area contributed by atoms with E-state index in [-0.39, 0.29) is 18.6 Å². The minimum Gasteiger partial charge on any atom is -0.483 e. The molecule has 3 N–H and O–H groups in total. The molecular formula is C26H24ClN3O3. The standard InChI is InChI=1S/C26H24ClN3O3/c27-21-10-9-17(14-24(31)32)13-19(21)11-12-29-25(18-5-2-1-3-6-18)23-16-30-22-8-4-7-20(15-28)26(22)33-23/h1-10,13,23,25,29-30H,11-12,14,16H2,(H,31,32)/t23-,25-/m1/s1. The second-order valence-electron chi connectivity index (χ2n) is 7.92. The first-order chi connectivity index (χ1) is 16.0. The van der Waals surface area contributed by atoms with Gasteiger partial charge < -0.3 is 20.5 Å². The van der Waals surface area contributed by atoms with Crippen LogP contribution in [0.1, 0.15) is 28.3 Å². The lowest BCUT2D eigenvalue weighted by molar-refractivity contribution is -0.136. The number of rotatable bonds is 8. The Morgan fingerprint density at radius 1 is 1.21 bits per heavy atom. The molecule has 6 nitrogen and oxygen atoms in total. The summed E-state index contributed by atoms with van der Waals surface area (Å²) in [5.74, 6) is -0.298. The number of para-hydroxylation sites is 1. The molecule has 2 atom stereocenters. The number of nitrogens with zero attached hydrogens (tertiary/aromatic N) is 1. The van der Waals surface area contributed by atoms with Crippen molar-refractivity contribution in [2.24, 2.45) is 0 Å². The Balaban J connectivity index is 1.51. The van der Waals surface area contributed by atoms with Crippen LogP contribution in [0.15, 0.2) is 66.7 Å². The molecule has 33 heavy (non-hydrogen) atoms. The van der Waals surface area contributed by atoms with E-state index in [2.05, 4.69) is 16.7 Å². The van der Waals surface area contributed by atoms with Crippen molar-refractivity contribution in [3.63, 3.8) is 0 Å². The van der Waals surface area contributed by atoms with E-state index in [1.807, 2.05) is 48.5 Å². The molecule has 7 heteroatoms. The van der Waals surface area contributed by atoms with Gasteiger partial charge in [0.2, 0.25) is 0 Å². The molecule has 0 aromatic heterocycles. The molecule has 0 saturated carbocycles. The van der Waals surface area contributed by atoms with E-state index < -0.39 is 5.97 Å². The van der Waals surface area contributed by atoms with Gasteiger partial charge in [-0.2, -0.15) is 5.26 Å². The molecule has 0 saturated heterocycles. The van der Waals surface area contributed by atoms with E-state index in [0.29, 0.717) is 35.8 Å². The summed E-state index contributed by atoms with van der Waals surface area (Å²) in [4.78, 5) is 11.0. The molecule has 1 aliphatic rings. The van der Waals surface area contributed by atoms with Gasteiger partial charge in [-0.25, -0.2) is 0 Å². The molecule has 1 heterocycles. The monoisotopic (exact) mass is 461 g/mol. The number of aliphatic carboxylic acids is 1. The zero-order valence-corrected chi connectivity index (χ0v) is 18.7. The number of carboxylic acid groups (broad SMARTS) is 1. The number of hydrogen-bond donors (Lipinski definition) is 3. The number of nitriles is 1. The summed E-state index contributed by atoms with van der Waals surface area (Å²) in [6.07, 6.45) is 0.366. The summed E-state index contributed by atoms with van der Waals surface area (Å²) < 4.78 is 6.32. The maximum absolute atomic E-state index is 11.0. The zero-order chi connectivity index (χ0) is 23.2. The highest BCUT2D eigenvalue weighted by Crippen LogP contribution is 2.35. The van der Waals surface area contributed by atoms with Crippen molar-refractivity contribution in [3.05, 3.63) is 94.0 Å². The first-order valence-electron chi connectivity index (χ1n) is 10.8. The molecular weight excluding hydrogens is 438 g/mol. The number of nitrogens with one attached hydrogen (secondary N) is 2. The van der Waals surface area contributed by atoms with Crippen LogP contribution in [0.5, 0.6) is 5.75 Å². The van der Waals surface area contributed by atoms with Gasteiger partial charge in [0.05, 0.1) is 30.3 Å². The molecule has 0 unspecified atom stereocenters. The van der Waals surface area contributed by atoms with Gasteiger partial charge in [0.15, 0.2) is 5.75 Å². The first-order valence-corrected chi connectivity index (χ1v) is 11.1. The molecule has 0 spiro atoms. The summed E-state index contributed by atoms with van der Waals surface area (Å²) in [6, 6.07) is 23.0. The van der Waals surface area contributed by atoms with Crippen molar-refractivity contribution in [1.29, 1.82) is 5.26 Å². The first kappa shape index (κ1) is 22.7. The smallest absolute Gasteiger partial charge is 0.307 e. The van der Waals surface area contributed by atoms with Crippen LogP contribution >= 0.6 is 11.6 Å². The third-order valence-corrected chi connectivity index (χ3v) is 6.02. The van der Waals surface area contributed by atoms with Crippen molar-refractivity contribution < 1.29 is 14.6 Å². The molecule has 0 amide bonds. The molecule has 4 rings (SSSR count). The van der Waals surface area contributed by atoms with Crippen LogP contribution in [0, 0.1) is 11.3 Å². The van der Waals surface area contributed by atoms with Gasteiger partial charge in [-0.3, -0.25) is 4.79 Å². The number of hydrogen-bond acceptors (Lipinski definition) is 5. The molecule has 168 valence electrons. The SMILES string of the molecule is N#Cc1cccc2c1O[C@@H]([C@H](NCCc1cc(CC(=O)O)ccc1Cl)c1ccccc1)CN2. The van der Waals surface area contributed by atoms with Crippen LogP contribution in [0.4, 0.5) is 5.69 Å². The minimum atomic E-state index is -0.871. The fraction of sp³-hybridized carbons (Fsp3) is 0.231. The van der Waals surface area contributed by atoms with Crippen molar-refractivity contribution in [2.45, 2.75) is 25.0 Å². The number of benzene rings is 3. The minimum absolute atomic E-state index is 0.0353. The average molecular weight is 462 g/mol. The Labute approximate surface area is 197 Å². The Morgan fingerprint density at radius 3 is 2.79 bits per heavy atom. The number of carbonyl (C=O) groups is 1. The van der Waals surface area contributed by atoms with Gasteiger partial charge in [-0.05, 0) is 47.9 Å². The highest BCUT2D eigenvalue weighted by atomic mass is 35.5. The number of halogens is 1. The summed E-state index contributed by atoms with van der Waals surface area (Å²) in [5, 5.41) is 26.1. The Hall–Kier alpha value is -3.53. The van der Waals surface area contributed by atoms with Crippen LogP contribution in [0.3, 0.4) is 0 Å². The molecule has 0 aliphatic carbocycles. The van der Waals surface area contributed by atoms with E-state index >= 15 is 0 Å². The van der Waals surface area contributed by atoms with Crippen LogP contribution in [-0.4, -0.2) is 30.3 Å². The van der Waals surface area contributed by atoms with Crippen LogP contribution in [0.25, 0.3) is 0 Å². The summed E-state index contributed by atoms with van der Waals surface area (Å²) >= 11 is 6.36. The fourth-order valence-corrected chi connectivity index (χ4v) is 4.28. The van der Waals surface area contributed by atoms with Gasteiger partial charge in [0, 0.05) is 5.02 Å². The number of fused-ring (bicyclic) bond motifs is 1. The lowest BCUT2D eigenvalue weighted by Crippen LogP contribution is -2.43. The average Bonchev–Trinajstić information content (AvgIpc) is 2.83. The predicted molar refractivity (Wildman–Crippen MR) is 128 cm³/mol. The number of ether oxygens (including phenoxy) is 1. The third-order valence-electron chi connectivity index (χ3n) is 5.65. The second-order valence-corrected chi connectivity index (χ2v) is 8.33. The highest BCUT2D eigenvalue weighted by molar-refractivity contribution is 6.31. The molecule has 0 radical (unpaired) electrons. The Morgan fingerprint density at radius 2 is 2.03 bits per heavy atom. The normalized spacial score (nSPS) is 15.5. The van der Waals surface area contributed by atoms with E-state index in [4.69, 9.17) is 21.4 Å². The largest absolute Gasteiger partial charge is 0.483 e. The van der Waals surface area contributed by atoms with Crippen molar-refractivity contribution >= 4 is 23.3 Å². The van der Waals surface area contributed by atoms with Crippen molar-refractivity contribution in [3.8, 4) is 11.8 Å². The Bertz CT molecular complexity index is 1180. The lowest BCUT2D eigenvalue weighted by Gasteiger charge is -2.34. The summed E-state index contributed by atoms with van der Waals surface area (Å²) in [6.45, 7) is 1.20. The van der Waals surface area contributed by atoms with Crippen LogP contribution in [-0.2, 0) is 17.6 Å². The maximum atomic E-state index is 11.0. The molecule has 1 aliphatic heterocycles. The predicted octanol–water partition coefficient (Wildman–Crippen LogP) is 4.59. The van der Waals surface area contributed by atoms with Gasteiger partial charge in [-0.1, -0.05) is 60.1 Å². The quantitative estimate of drug-likeness (QED) is 0.454. The topological polar surface area (TPSA) is 94.4 Å². The van der Waals surface area contributed by atoms with E-state index in [0.717, 1.165) is 22.4 Å². The van der Waals surface area contributed by atoms with Crippen molar-refractivity contribution in [2.75, 3.05) is 18.4 Å². The third kappa shape index (κ3) is 5.46.